The zero-order valence-electron chi connectivity index (χ0n) is 6.73. The quantitative estimate of drug-likeness (QED) is 0.635. The molecule has 0 amide bonds. The van der Waals surface area contributed by atoms with E-state index in [1.807, 2.05) is 6.92 Å². The summed E-state index contributed by atoms with van der Waals surface area (Å²) in [5.41, 5.74) is 1.97. The molecule has 0 saturated carbocycles. The molecule has 1 rings (SSSR count). The van der Waals surface area contributed by atoms with Crippen molar-refractivity contribution in [3.05, 3.63) is 35.1 Å². The van der Waals surface area contributed by atoms with Gasteiger partial charge in [0.1, 0.15) is 5.82 Å². The van der Waals surface area contributed by atoms with Crippen LogP contribution < -0.4 is 0 Å². The predicted molar refractivity (Wildman–Crippen MR) is 41.9 cm³/mol. The van der Waals surface area contributed by atoms with Gasteiger partial charge in [0.15, 0.2) is 0 Å². The van der Waals surface area contributed by atoms with E-state index in [4.69, 9.17) is 4.74 Å². The van der Waals surface area contributed by atoms with Crippen LogP contribution in [0.5, 0.6) is 0 Å². The first-order valence-electron chi connectivity index (χ1n) is 3.48. The number of ether oxygens (including phenoxy) is 1. The fourth-order valence-electron chi connectivity index (χ4n) is 0.977. The molecular weight excluding hydrogens is 143 g/mol. The average molecular weight is 154 g/mol. The molecular formula is C9H11FO. The van der Waals surface area contributed by atoms with Crippen molar-refractivity contribution in [3.63, 3.8) is 0 Å². The third-order valence-electron chi connectivity index (χ3n) is 1.60. The summed E-state index contributed by atoms with van der Waals surface area (Å²) in [7, 11) is 1.63. The summed E-state index contributed by atoms with van der Waals surface area (Å²) in [5, 5.41) is 0. The number of rotatable bonds is 2. The number of aryl methyl sites for hydroxylation is 1. The molecule has 0 saturated heterocycles. The molecule has 11 heavy (non-hydrogen) atoms. The SMILES string of the molecule is COCc1ccc(F)cc1C. The first kappa shape index (κ1) is 8.21. The van der Waals surface area contributed by atoms with E-state index in [0.717, 1.165) is 11.1 Å². The standard InChI is InChI=1S/C9H11FO/c1-7-5-9(10)4-3-8(7)6-11-2/h3-5H,6H2,1-2H3. The van der Waals surface area contributed by atoms with Gasteiger partial charge in [0.05, 0.1) is 6.61 Å². The molecule has 0 aliphatic carbocycles. The van der Waals surface area contributed by atoms with Crippen LogP contribution in [0, 0.1) is 12.7 Å². The van der Waals surface area contributed by atoms with Gasteiger partial charge in [-0.3, -0.25) is 0 Å². The minimum Gasteiger partial charge on any atom is -0.380 e. The van der Waals surface area contributed by atoms with Gasteiger partial charge in [0.25, 0.3) is 0 Å². The minimum atomic E-state index is -0.192. The number of benzene rings is 1. The van der Waals surface area contributed by atoms with Crippen LogP contribution in [0.2, 0.25) is 0 Å². The van der Waals surface area contributed by atoms with E-state index in [-0.39, 0.29) is 5.82 Å². The molecule has 60 valence electrons. The van der Waals surface area contributed by atoms with Crippen molar-refractivity contribution in [1.82, 2.24) is 0 Å². The lowest BCUT2D eigenvalue weighted by Crippen LogP contribution is -1.91. The first-order valence-corrected chi connectivity index (χ1v) is 3.48. The lowest BCUT2D eigenvalue weighted by atomic mass is 10.1. The summed E-state index contributed by atoms with van der Waals surface area (Å²) in [6.45, 7) is 2.42. The lowest BCUT2D eigenvalue weighted by molar-refractivity contribution is 0.184. The molecule has 1 aromatic rings. The molecule has 0 aromatic heterocycles. The zero-order valence-corrected chi connectivity index (χ0v) is 6.73. The molecule has 0 heterocycles. The Kier molecular flexibility index (Phi) is 2.60. The second-order valence-corrected chi connectivity index (χ2v) is 2.50. The fourth-order valence-corrected chi connectivity index (χ4v) is 0.977. The summed E-state index contributed by atoms with van der Waals surface area (Å²) in [6, 6.07) is 4.70. The third-order valence-corrected chi connectivity index (χ3v) is 1.60. The van der Waals surface area contributed by atoms with E-state index in [9.17, 15) is 4.39 Å². The van der Waals surface area contributed by atoms with Crippen molar-refractivity contribution in [2.45, 2.75) is 13.5 Å². The summed E-state index contributed by atoms with van der Waals surface area (Å²) in [5.74, 6) is -0.192. The molecule has 0 N–H and O–H groups in total. The Morgan fingerprint density at radius 2 is 2.18 bits per heavy atom. The number of hydrogen-bond acceptors (Lipinski definition) is 1. The highest BCUT2D eigenvalue weighted by Crippen LogP contribution is 2.10. The van der Waals surface area contributed by atoms with Gasteiger partial charge in [-0.1, -0.05) is 6.07 Å². The Labute approximate surface area is 65.8 Å². The summed E-state index contributed by atoms with van der Waals surface area (Å²) in [4.78, 5) is 0. The van der Waals surface area contributed by atoms with Crippen molar-refractivity contribution >= 4 is 0 Å². The second kappa shape index (κ2) is 3.49. The van der Waals surface area contributed by atoms with Gasteiger partial charge < -0.3 is 4.74 Å². The highest BCUT2D eigenvalue weighted by molar-refractivity contribution is 5.25. The number of halogens is 1. The molecule has 0 aliphatic heterocycles. The van der Waals surface area contributed by atoms with Gasteiger partial charge in [-0.25, -0.2) is 4.39 Å². The largest absolute Gasteiger partial charge is 0.380 e. The lowest BCUT2D eigenvalue weighted by Gasteiger charge is -2.03. The van der Waals surface area contributed by atoms with Crippen molar-refractivity contribution in [3.8, 4) is 0 Å². The van der Waals surface area contributed by atoms with Gasteiger partial charge >= 0.3 is 0 Å². The van der Waals surface area contributed by atoms with Crippen LogP contribution in [0.4, 0.5) is 4.39 Å². The van der Waals surface area contributed by atoms with Crippen molar-refractivity contribution < 1.29 is 9.13 Å². The van der Waals surface area contributed by atoms with E-state index in [1.165, 1.54) is 12.1 Å². The van der Waals surface area contributed by atoms with E-state index in [1.54, 1.807) is 13.2 Å². The summed E-state index contributed by atoms with van der Waals surface area (Å²) < 4.78 is 17.5. The van der Waals surface area contributed by atoms with Gasteiger partial charge in [0, 0.05) is 7.11 Å². The fraction of sp³-hybridized carbons (Fsp3) is 0.333. The molecule has 0 spiro atoms. The van der Waals surface area contributed by atoms with Crippen molar-refractivity contribution in [2.24, 2.45) is 0 Å². The first-order chi connectivity index (χ1) is 5.24. The number of hydrogen-bond donors (Lipinski definition) is 0. The second-order valence-electron chi connectivity index (χ2n) is 2.50. The maximum atomic E-state index is 12.5. The normalized spacial score (nSPS) is 10.1. The van der Waals surface area contributed by atoms with Gasteiger partial charge in [-0.05, 0) is 30.2 Å². The van der Waals surface area contributed by atoms with E-state index >= 15 is 0 Å². The molecule has 1 aromatic carbocycles. The Morgan fingerprint density at radius 3 is 2.73 bits per heavy atom. The molecule has 0 fully saturated rings. The molecule has 0 aliphatic rings. The molecule has 2 heteroatoms. The highest BCUT2D eigenvalue weighted by Gasteiger charge is 1.97. The predicted octanol–water partition coefficient (Wildman–Crippen LogP) is 2.28. The Balaban J connectivity index is 2.90. The average Bonchev–Trinajstić information content (AvgIpc) is 1.95. The molecule has 0 radical (unpaired) electrons. The zero-order chi connectivity index (χ0) is 8.27. The van der Waals surface area contributed by atoms with Crippen LogP contribution in [0.3, 0.4) is 0 Å². The molecule has 0 unspecified atom stereocenters. The van der Waals surface area contributed by atoms with Crippen molar-refractivity contribution in [2.75, 3.05) is 7.11 Å². The Hall–Kier alpha value is -0.890. The van der Waals surface area contributed by atoms with Gasteiger partial charge in [-0.2, -0.15) is 0 Å². The molecule has 1 nitrogen and oxygen atoms in total. The van der Waals surface area contributed by atoms with Crippen LogP contribution in [-0.4, -0.2) is 7.11 Å². The summed E-state index contributed by atoms with van der Waals surface area (Å²) >= 11 is 0. The van der Waals surface area contributed by atoms with E-state index in [2.05, 4.69) is 0 Å². The maximum Gasteiger partial charge on any atom is 0.123 e. The van der Waals surface area contributed by atoms with Gasteiger partial charge in [-0.15, -0.1) is 0 Å². The third kappa shape index (κ3) is 2.02. The minimum absolute atomic E-state index is 0.192. The van der Waals surface area contributed by atoms with Crippen LogP contribution in [0.15, 0.2) is 18.2 Å². The van der Waals surface area contributed by atoms with E-state index < -0.39 is 0 Å². The highest BCUT2D eigenvalue weighted by atomic mass is 19.1. The maximum absolute atomic E-state index is 12.5. The van der Waals surface area contributed by atoms with Crippen LogP contribution in [0.1, 0.15) is 11.1 Å². The Morgan fingerprint density at radius 1 is 1.45 bits per heavy atom. The van der Waals surface area contributed by atoms with Crippen LogP contribution >= 0.6 is 0 Å². The number of methoxy groups -OCH3 is 1. The Bertz CT molecular complexity index is 245. The molecule has 0 atom stereocenters. The monoisotopic (exact) mass is 154 g/mol. The smallest absolute Gasteiger partial charge is 0.123 e. The summed E-state index contributed by atoms with van der Waals surface area (Å²) in [6.07, 6.45) is 0. The topological polar surface area (TPSA) is 9.23 Å². The van der Waals surface area contributed by atoms with Crippen molar-refractivity contribution in [1.29, 1.82) is 0 Å². The molecule has 0 bridgehead atoms. The van der Waals surface area contributed by atoms with E-state index in [0.29, 0.717) is 6.61 Å². The van der Waals surface area contributed by atoms with Crippen LogP contribution in [0.25, 0.3) is 0 Å². The van der Waals surface area contributed by atoms with Crippen LogP contribution in [-0.2, 0) is 11.3 Å². The van der Waals surface area contributed by atoms with Gasteiger partial charge in [0.2, 0.25) is 0 Å².